The monoisotopic (exact) mass is 342 g/mol. The number of aliphatic hydroxyl groups excluding tert-OH is 1. The van der Waals surface area contributed by atoms with Gasteiger partial charge in [-0.25, -0.2) is 0 Å². The van der Waals surface area contributed by atoms with E-state index < -0.39 is 6.10 Å². The van der Waals surface area contributed by atoms with Crippen molar-refractivity contribution in [3.05, 3.63) is 28.7 Å². The van der Waals surface area contributed by atoms with E-state index in [0.717, 1.165) is 10.2 Å². The fourth-order valence-electron chi connectivity index (χ4n) is 1.90. The van der Waals surface area contributed by atoms with Gasteiger partial charge in [0.1, 0.15) is 0 Å². The average molecular weight is 343 g/mol. The zero-order valence-corrected chi connectivity index (χ0v) is 13.8. The lowest BCUT2D eigenvalue weighted by Gasteiger charge is -2.22. The molecule has 112 valence electrons. The van der Waals surface area contributed by atoms with Crippen LogP contribution in [0, 0.1) is 5.41 Å². The van der Waals surface area contributed by atoms with Crippen LogP contribution in [-0.4, -0.2) is 30.2 Å². The van der Waals surface area contributed by atoms with Crippen molar-refractivity contribution in [2.45, 2.75) is 33.3 Å². The topological polar surface area (TPSA) is 61.4 Å². The molecule has 0 saturated heterocycles. The molecule has 0 radical (unpaired) electrons. The molecule has 0 bridgehead atoms. The third kappa shape index (κ3) is 7.62. The summed E-state index contributed by atoms with van der Waals surface area (Å²) in [5, 5.41) is 15.6. The first-order valence-corrected chi connectivity index (χ1v) is 7.50. The van der Waals surface area contributed by atoms with E-state index in [1.54, 1.807) is 0 Å². The first kappa shape index (κ1) is 17.1. The third-order valence-corrected chi connectivity index (χ3v) is 3.12. The molecule has 0 aromatic heterocycles. The first-order chi connectivity index (χ1) is 9.26. The fraction of sp³-hybridized carbons (Fsp3) is 0.533. The quantitative estimate of drug-likeness (QED) is 0.744. The van der Waals surface area contributed by atoms with Gasteiger partial charge in [-0.05, 0) is 30.0 Å². The Labute approximate surface area is 129 Å². The zero-order valence-electron chi connectivity index (χ0n) is 12.2. The Morgan fingerprint density at radius 2 is 2.10 bits per heavy atom. The summed E-state index contributed by atoms with van der Waals surface area (Å²) < 4.78 is 0.920. The molecule has 3 N–H and O–H groups in total. The van der Waals surface area contributed by atoms with Crippen molar-refractivity contribution >= 4 is 27.5 Å². The van der Waals surface area contributed by atoms with Crippen LogP contribution >= 0.6 is 15.9 Å². The minimum Gasteiger partial charge on any atom is -0.392 e. The Bertz CT molecular complexity index is 444. The van der Waals surface area contributed by atoms with Gasteiger partial charge in [-0.2, -0.15) is 0 Å². The highest BCUT2D eigenvalue weighted by Crippen LogP contribution is 2.20. The van der Waals surface area contributed by atoms with Crippen LogP contribution in [0.25, 0.3) is 0 Å². The smallest absolute Gasteiger partial charge is 0.238 e. The Kier molecular flexibility index (Phi) is 6.65. The molecule has 0 fully saturated rings. The lowest BCUT2D eigenvalue weighted by Crippen LogP contribution is -2.35. The van der Waals surface area contributed by atoms with Crippen molar-refractivity contribution in [2.75, 3.05) is 18.4 Å². The molecule has 4 nitrogen and oxygen atoms in total. The number of rotatable bonds is 6. The van der Waals surface area contributed by atoms with Crippen molar-refractivity contribution in [1.82, 2.24) is 5.32 Å². The van der Waals surface area contributed by atoms with Gasteiger partial charge in [0.05, 0.1) is 12.6 Å². The Hall–Kier alpha value is -0.910. The standard InChI is InChI=1S/C15H23BrN2O2/c1-15(2,3)8-13(19)9-17-10-14(20)18-12-6-4-5-11(16)7-12/h4-7,13,17,19H,8-10H2,1-3H3,(H,18,20). The second kappa shape index (κ2) is 7.76. The van der Waals surface area contributed by atoms with Crippen LogP contribution in [0.5, 0.6) is 0 Å². The Balaban J connectivity index is 2.27. The minimum atomic E-state index is -0.436. The molecule has 1 rings (SSSR count). The number of halogens is 1. The molecule has 0 aliphatic heterocycles. The maximum atomic E-state index is 11.7. The number of anilines is 1. The molecule has 1 amide bonds. The number of hydrogen-bond acceptors (Lipinski definition) is 3. The molecule has 0 heterocycles. The number of carbonyl (C=O) groups excluding carboxylic acids is 1. The third-order valence-electron chi connectivity index (χ3n) is 2.62. The summed E-state index contributed by atoms with van der Waals surface area (Å²) in [6.45, 7) is 6.85. The van der Waals surface area contributed by atoms with Crippen LogP contribution < -0.4 is 10.6 Å². The van der Waals surface area contributed by atoms with E-state index in [1.807, 2.05) is 24.3 Å². The van der Waals surface area contributed by atoms with Gasteiger partial charge in [-0.1, -0.05) is 42.8 Å². The summed E-state index contributed by atoms with van der Waals surface area (Å²) in [6, 6.07) is 7.43. The number of carbonyl (C=O) groups is 1. The van der Waals surface area contributed by atoms with Crippen LogP contribution in [-0.2, 0) is 4.79 Å². The number of aliphatic hydroxyl groups is 1. The first-order valence-electron chi connectivity index (χ1n) is 6.70. The summed E-state index contributed by atoms with van der Waals surface area (Å²) in [6.07, 6.45) is 0.265. The molecule has 1 unspecified atom stereocenters. The number of hydrogen-bond donors (Lipinski definition) is 3. The molecule has 1 aromatic rings. The number of nitrogens with one attached hydrogen (secondary N) is 2. The second-order valence-corrected chi connectivity index (χ2v) is 7.02. The maximum Gasteiger partial charge on any atom is 0.238 e. The highest BCUT2D eigenvalue weighted by atomic mass is 79.9. The number of amides is 1. The van der Waals surface area contributed by atoms with E-state index in [0.29, 0.717) is 13.0 Å². The Morgan fingerprint density at radius 3 is 2.70 bits per heavy atom. The van der Waals surface area contributed by atoms with Crippen LogP contribution in [0.3, 0.4) is 0 Å². The van der Waals surface area contributed by atoms with E-state index in [1.165, 1.54) is 0 Å². The summed E-state index contributed by atoms with van der Waals surface area (Å²) in [4.78, 5) is 11.7. The van der Waals surface area contributed by atoms with Gasteiger partial charge >= 0.3 is 0 Å². The van der Waals surface area contributed by atoms with Gasteiger partial charge in [-0.15, -0.1) is 0 Å². The summed E-state index contributed by atoms with van der Waals surface area (Å²) in [7, 11) is 0. The summed E-state index contributed by atoms with van der Waals surface area (Å²) in [5.41, 5.74) is 0.834. The van der Waals surface area contributed by atoms with E-state index in [2.05, 4.69) is 47.3 Å². The fourth-order valence-corrected chi connectivity index (χ4v) is 2.30. The molecule has 20 heavy (non-hydrogen) atoms. The van der Waals surface area contributed by atoms with E-state index >= 15 is 0 Å². The lowest BCUT2D eigenvalue weighted by atomic mass is 9.89. The molecular weight excluding hydrogens is 320 g/mol. The van der Waals surface area contributed by atoms with Gasteiger partial charge in [0.2, 0.25) is 5.91 Å². The van der Waals surface area contributed by atoms with Gasteiger partial charge < -0.3 is 15.7 Å². The van der Waals surface area contributed by atoms with Crippen LogP contribution in [0.15, 0.2) is 28.7 Å². The normalized spacial score (nSPS) is 13.1. The zero-order chi connectivity index (χ0) is 15.2. The minimum absolute atomic E-state index is 0.0830. The predicted molar refractivity (Wildman–Crippen MR) is 85.7 cm³/mol. The molecule has 1 aromatic carbocycles. The van der Waals surface area contributed by atoms with E-state index in [-0.39, 0.29) is 17.9 Å². The van der Waals surface area contributed by atoms with E-state index in [4.69, 9.17) is 0 Å². The largest absolute Gasteiger partial charge is 0.392 e. The summed E-state index contributed by atoms with van der Waals surface area (Å²) >= 11 is 3.35. The average Bonchev–Trinajstić information content (AvgIpc) is 2.26. The van der Waals surface area contributed by atoms with Crippen LogP contribution in [0.2, 0.25) is 0 Å². The lowest BCUT2D eigenvalue weighted by molar-refractivity contribution is -0.115. The molecule has 0 aliphatic rings. The SMILES string of the molecule is CC(C)(C)CC(O)CNCC(=O)Nc1cccc(Br)c1. The van der Waals surface area contributed by atoms with E-state index in [9.17, 15) is 9.90 Å². The van der Waals surface area contributed by atoms with Crippen molar-refractivity contribution < 1.29 is 9.90 Å². The molecule has 0 saturated carbocycles. The maximum absolute atomic E-state index is 11.7. The van der Waals surface area contributed by atoms with Gasteiger partial charge in [0.15, 0.2) is 0 Å². The van der Waals surface area contributed by atoms with Crippen molar-refractivity contribution in [1.29, 1.82) is 0 Å². The van der Waals surface area contributed by atoms with Gasteiger partial charge in [0, 0.05) is 16.7 Å². The highest BCUT2D eigenvalue weighted by molar-refractivity contribution is 9.10. The highest BCUT2D eigenvalue weighted by Gasteiger charge is 2.16. The summed E-state index contributed by atoms with van der Waals surface area (Å²) in [5.74, 6) is -0.119. The van der Waals surface area contributed by atoms with Gasteiger partial charge in [0.25, 0.3) is 0 Å². The molecular formula is C15H23BrN2O2. The van der Waals surface area contributed by atoms with Crippen molar-refractivity contribution in [2.24, 2.45) is 5.41 Å². The van der Waals surface area contributed by atoms with Crippen molar-refractivity contribution in [3.63, 3.8) is 0 Å². The predicted octanol–water partition coefficient (Wildman–Crippen LogP) is 2.77. The number of benzene rings is 1. The van der Waals surface area contributed by atoms with Crippen LogP contribution in [0.1, 0.15) is 27.2 Å². The van der Waals surface area contributed by atoms with Crippen molar-refractivity contribution in [3.8, 4) is 0 Å². The molecule has 1 atom stereocenters. The molecule has 5 heteroatoms. The Morgan fingerprint density at radius 1 is 1.40 bits per heavy atom. The van der Waals surface area contributed by atoms with Gasteiger partial charge in [-0.3, -0.25) is 4.79 Å². The second-order valence-electron chi connectivity index (χ2n) is 6.11. The molecule has 0 aliphatic carbocycles. The van der Waals surface area contributed by atoms with Crippen LogP contribution in [0.4, 0.5) is 5.69 Å². The molecule has 0 spiro atoms.